The highest BCUT2D eigenvalue weighted by molar-refractivity contribution is 6.51. The number of ether oxygens (including phenoxy) is 3. The van der Waals surface area contributed by atoms with Crippen LogP contribution < -0.4 is 19.1 Å². The van der Waals surface area contributed by atoms with Crippen molar-refractivity contribution in [3.05, 3.63) is 88.5 Å². The summed E-state index contributed by atoms with van der Waals surface area (Å²) in [5.74, 6) is -0.0938. The number of nitrogens with zero attached hydrogens (tertiary/aromatic N) is 1. The van der Waals surface area contributed by atoms with Crippen LogP contribution in [0.25, 0.3) is 5.76 Å². The number of amides is 1. The maximum Gasteiger partial charge on any atom is 0.300 e. The lowest BCUT2D eigenvalue weighted by Crippen LogP contribution is -2.29. The van der Waals surface area contributed by atoms with Gasteiger partial charge in [0.15, 0.2) is 11.5 Å². The fraction of sp³-hybridized carbons (Fsp3) is 0.267. The second-order valence-electron chi connectivity index (χ2n) is 9.54. The average Bonchev–Trinajstić information content (AvgIpc) is 3.15. The van der Waals surface area contributed by atoms with Crippen LogP contribution in [0.1, 0.15) is 42.1 Å². The van der Waals surface area contributed by atoms with Crippen molar-refractivity contribution >= 4 is 23.1 Å². The molecule has 1 N–H and O–H groups in total. The summed E-state index contributed by atoms with van der Waals surface area (Å²) < 4.78 is 17.1. The van der Waals surface area contributed by atoms with Gasteiger partial charge in [-0.1, -0.05) is 18.2 Å². The number of anilines is 1. The number of aliphatic hydroxyl groups is 1. The first kappa shape index (κ1) is 24.4. The molecule has 1 amide bonds. The van der Waals surface area contributed by atoms with E-state index < -0.39 is 17.7 Å². The summed E-state index contributed by atoms with van der Waals surface area (Å²) in [4.78, 5) is 28.4. The van der Waals surface area contributed by atoms with Crippen molar-refractivity contribution in [3.8, 4) is 17.2 Å². The predicted octanol–water partition coefficient (Wildman–Crippen LogP) is 5.49. The fourth-order valence-electron chi connectivity index (χ4n) is 4.67. The number of Topliss-reactive ketones (excluding diaryl/α,β-unsaturated/α-hetero) is 1. The third kappa shape index (κ3) is 4.53. The highest BCUT2D eigenvalue weighted by Gasteiger charge is 2.47. The highest BCUT2D eigenvalue weighted by atomic mass is 16.6. The van der Waals surface area contributed by atoms with Gasteiger partial charge in [-0.05, 0) is 86.8 Å². The molecule has 2 aliphatic heterocycles. The molecule has 1 saturated heterocycles. The van der Waals surface area contributed by atoms with Crippen molar-refractivity contribution in [3.63, 3.8) is 0 Å². The minimum atomic E-state index is -0.856. The summed E-state index contributed by atoms with van der Waals surface area (Å²) >= 11 is 0. The van der Waals surface area contributed by atoms with Crippen LogP contribution in [-0.4, -0.2) is 36.1 Å². The predicted molar refractivity (Wildman–Crippen MR) is 140 cm³/mol. The zero-order valence-corrected chi connectivity index (χ0v) is 21.3. The summed E-state index contributed by atoms with van der Waals surface area (Å²) in [6.45, 7) is 8.62. The zero-order chi connectivity index (χ0) is 26.3. The molecule has 2 heterocycles. The molecule has 1 atom stereocenters. The van der Waals surface area contributed by atoms with Crippen LogP contribution in [0.5, 0.6) is 17.2 Å². The second-order valence-corrected chi connectivity index (χ2v) is 9.54. The van der Waals surface area contributed by atoms with E-state index in [4.69, 9.17) is 14.2 Å². The number of ketones is 1. The van der Waals surface area contributed by atoms with Crippen molar-refractivity contribution in [2.75, 3.05) is 18.1 Å². The van der Waals surface area contributed by atoms with Gasteiger partial charge in [0.25, 0.3) is 11.7 Å². The summed E-state index contributed by atoms with van der Waals surface area (Å²) in [7, 11) is 0. The topological polar surface area (TPSA) is 85.3 Å². The van der Waals surface area contributed by atoms with Crippen LogP contribution in [0.4, 0.5) is 5.69 Å². The van der Waals surface area contributed by atoms with Crippen LogP contribution in [0.2, 0.25) is 0 Å². The second kappa shape index (κ2) is 9.65. The molecular formula is C30H29NO6. The molecule has 7 heteroatoms. The van der Waals surface area contributed by atoms with Gasteiger partial charge in [0.1, 0.15) is 24.7 Å². The standard InChI is InChI=1S/C30H29NO6/c1-17(2)37-23-7-5-6-20(15-23)27-26(28(32)21-9-11-24-25(16-21)36-13-12-35-24)29(33)30(34)31(27)22-10-8-18(3)19(4)14-22/h5-11,14-17,27,32H,12-13H2,1-4H3/b28-26-. The molecule has 190 valence electrons. The van der Waals surface area contributed by atoms with Crippen molar-refractivity contribution in [2.24, 2.45) is 0 Å². The van der Waals surface area contributed by atoms with E-state index in [1.807, 2.05) is 70.2 Å². The number of benzene rings is 3. The lowest BCUT2D eigenvalue weighted by Gasteiger charge is -2.26. The molecule has 0 aromatic heterocycles. The van der Waals surface area contributed by atoms with Crippen molar-refractivity contribution < 1.29 is 28.9 Å². The van der Waals surface area contributed by atoms with Gasteiger partial charge >= 0.3 is 0 Å². The quantitative estimate of drug-likeness (QED) is 0.284. The Balaban J connectivity index is 1.69. The van der Waals surface area contributed by atoms with Gasteiger partial charge in [-0.3, -0.25) is 14.5 Å². The van der Waals surface area contributed by atoms with Crippen LogP contribution in [0, 0.1) is 13.8 Å². The van der Waals surface area contributed by atoms with Gasteiger partial charge < -0.3 is 19.3 Å². The Kier molecular flexibility index (Phi) is 6.38. The highest BCUT2D eigenvalue weighted by Crippen LogP contribution is 2.44. The van der Waals surface area contributed by atoms with Crippen LogP contribution >= 0.6 is 0 Å². The number of aryl methyl sites for hydroxylation is 2. The Morgan fingerprint density at radius 3 is 2.43 bits per heavy atom. The van der Waals surface area contributed by atoms with E-state index in [1.165, 1.54) is 4.90 Å². The van der Waals surface area contributed by atoms with E-state index in [0.29, 0.717) is 47.3 Å². The molecule has 3 aromatic rings. The zero-order valence-electron chi connectivity index (χ0n) is 21.3. The molecular weight excluding hydrogens is 470 g/mol. The van der Waals surface area contributed by atoms with Crippen molar-refractivity contribution in [2.45, 2.75) is 39.8 Å². The lowest BCUT2D eigenvalue weighted by atomic mass is 9.94. The summed E-state index contributed by atoms with van der Waals surface area (Å²) in [6.07, 6.45) is -0.0564. The molecule has 3 aromatic carbocycles. The Hall–Kier alpha value is -4.26. The first-order chi connectivity index (χ1) is 17.7. The van der Waals surface area contributed by atoms with Crippen molar-refractivity contribution in [1.29, 1.82) is 0 Å². The molecule has 7 nitrogen and oxygen atoms in total. The third-order valence-electron chi connectivity index (χ3n) is 6.57. The molecule has 0 spiro atoms. The van der Waals surface area contributed by atoms with Gasteiger partial charge in [0.2, 0.25) is 0 Å². The first-order valence-corrected chi connectivity index (χ1v) is 12.3. The van der Waals surface area contributed by atoms with E-state index in [0.717, 1.165) is 11.1 Å². The average molecular weight is 500 g/mol. The van der Waals surface area contributed by atoms with Crippen molar-refractivity contribution in [1.82, 2.24) is 0 Å². The maximum absolute atomic E-state index is 13.5. The molecule has 2 aliphatic rings. The molecule has 0 radical (unpaired) electrons. The van der Waals surface area contributed by atoms with Gasteiger partial charge in [-0.15, -0.1) is 0 Å². The number of rotatable bonds is 5. The Bertz CT molecular complexity index is 1420. The van der Waals surface area contributed by atoms with Crippen LogP contribution in [0.3, 0.4) is 0 Å². The summed E-state index contributed by atoms with van der Waals surface area (Å²) in [5, 5.41) is 11.5. The van der Waals surface area contributed by atoms with E-state index in [9.17, 15) is 14.7 Å². The SMILES string of the molecule is Cc1ccc(N2C(=O)C(=O)/C(=C(\O)c3ccc4c(c3)OCCO4)C2c2cccc(OC(C)C)c2)cc1C. The molecule has 0 saturated carbocycles. The van der Waals surface area contributed by atoms with Crippen LogP contribution in [-0.2, 0) is 9.59 Å². The van der Waals surface area contributed by atoms with E-state index in [1.54, 1.807) is 18.2 Å². The van der Waals surface area contributed by atoms with Gasteiger partial charge in [-0.2, -0.15) is 0 Å². The van der Waals surface area contributed by atoms with Crippen LogP contribution in [0.15, 0.2) is 66.2 Å². The molecule has 37 heavy (non-hydrogen) atoms. The number of fused-ring (bicyclic) bond motifs is 1. The molecule has 5 rings (SSSR count). The third-order valence-corrected chi connectivity index (χ3v) is 6.57. The Labute approximate surface area is 215 Å². The molecule has 1 fully saturated rings. The number of carbonyl (C=O) groups is 2. The number of hydrogen-bond donors (Lipinski definition) is 1. The Morgan fingerprint density at radius 1 is 0.946 bits per heavy atom. The monoisotopic (exact) mass is 499 g/mol. The first-order valence-electron chi connectivity index (χ1n) is 12.3. The summed E-state index contributed by atoms with van der Waals surface area (Å²) in [6, 6.07) is 17.0. The number of aliphatic hydroxyl groups excluding tert-OH is 1. The smallest absolute Gasteiger partial charge is 0.300 e. The largest absolute Gasteiger partial charge is 0.507 e. The number of carbonyl (C=O) groups excluding carboxylic acids is 2. The van der Waals surface area contributed by atoms with E-state index in [-0.39, 0.29) is 17.4 Å². The molecule has 1 unspecified atom stereocenters. The van der Waals surface area contributed by atoms with Gasteiger partial charge in [0, 0.05) is 11.3 Å². The van der Waals surface area contributed by atoms with E-state index in [2.05, 4.69) is 0 Å². The van der Waals surface area contributed by atoms with Gasteiger partial charge in [0.05, 0.1) is 17.7 Å². The summed E-state index contributed by atoms with van der Waals surface area (Å²) in [5.41, 5.74) is 3.65. The molecule has 0 bridgehead atoms. The fourth-order valence-corrected chi connectivity index (χ4v) is 4.67. The normalized spacial score (nSPS) is 18.4. The minimum Gasteiger partial charge on any atom is -0.507 e. The number of hydrogen-bond acceptors (Lipinski definition) is 6. The van der Waals surface area contributed by atoms with Gasteiger partial charge in [-0.25, -0.2) is 0 Å². The van der Waals surface area contributed by atoms with E-state index >= 15 is 0 Å². The maximum atomic E-state index is 13.5. The minimum absolute atomic E-state index is 0.00148. The Morgan fingerprint density at radius 2 is 1.70 bits per heavy atom. The molecule has 0 aliphatic carbocycles. The lowest BCUT2D eigenvalue weighted by molar-refractivity contribution is -0.132.